The molecule has 1 N–H and O–H groups in total. The molecule has 5 heteroatoms. The summed E-state index contributed by atoms with van der Waals surface area (Å²) in [6, 6.07) is 5.95. The maximum absolute atomic E-state index is 4.46. The largest absolute Gasteiger partial charge is 0.309 e. The highest BCUT2D eigenvalue weighted by Gasteiger charge is 2.18. The normalized spacial score (nSPS) is 19.8. The Kier molecular flexibility index (Phi) is 3.87. The minimum atomic E-state index is 0.574. The lowest BCUT2D eigenvalue weighted by atomic mass is 9.92. The number of pyridine rings is 1. The predicted molar refractivity (Wildman–Crippen MR) is 79.0 cm³/mol. The van der Waals surface area contributed by atoms with Crippen molar-refractivity contribution in [3.8, 4) is 0 Å². The number of nitrogens with zero attached hydrogens (tertiary/aromatic N) is 4. The van der Waals surface area contributed by atoms with Crippen molar-refractivity contribution in [3.63, 3.8) is 0 Å². The Morgan fingerprint density at radius 3 is 2.75 bits per heavy atom. The molecular formula is C15H19N5. The summed E-state index contributed by atoms with van der Waals surface area (Å²) in [6.45, 7) is 2.32. The van der Waals surface area contributed by atoms with E-state index in [1.165, 1.54) is 24.9 Å². The summed E-state index contributed by atoms with van der Waals surface area (Å²) in [5, 5.41) is 3.10. The molecule has 1 aliphatic rings. The molecule has 0 bridgehead atoms. The first kappa shape index (κ1) is 13.0. The number of piperidine rings is 1. The van der Waals surface area contributed by atoms with Gasteiger partial charge in [-0.2, -0.15) is 0 Å². The summed E-state index contributed by atoms with van der Waals surface area (Å²) in [5.74, 6) is 1.96. The van der Waals surface area contributed by atoms with Crippen LogP contribution in [0.25, 0.3) is 0 Å². The van der Waals surface area contributed by atoms with Crippen molar-refractivity contribution in [1.29, 1.82) is 0 Å². The van der Waals surface area contributed by atoms with Gasteiger partial charge in [-0.3, -0.25) is 0 Å². The van der Waals surface area contributed by atoms with Crippen LogP contribution in [0.5, 0.6) is 0 Å². The zero-order valence-corrected chi connectivity index (χ0v) is 11.7. The molecule has 104 valence electrons. The fraction of sp³-hybridized carbons (Fsp3) is 0.400. The molecule has 0 spiro atoms. The first-order chi connectivity index (χ1) is 9.81. The molecule has 0 amide bonds. The van der Waals surface area contributed by atoms with Gasteiger partial charge in [-0.15, -0.1) is 0 Å². The summed E-state index contributed by atoms with van der Waals surface area (Å²) in [5.41, 5.74) is 1.32. The van der Waals surface area contributed by atoms with Crippen LogP contribution in [0, 0.1) is 0 Å². The zero-order valence-electron chi connectivity index (χ0n) is 11.7. The molecule has 1 atom stereocenters. The second-order valence-corrected chi connectivity index (χ2v) is 5.28. The number of hydrogen-bond donors (Lipinski definition) is 1. The van der Waals surface area contributed by atoms with E-state index in [9.17, 15) is 0 Å². The molecule has 20 heavy (non-hydrogen) atoms. The van der Waals surface area contributed by atoms with Crippen LogP contribution in [-0.2, 0) is 0 Å². The molecule has 0 aliphatic carbocycles. The predicted octanol–water partition coefficient (Wildman–Crippen LogP) is 2.42. The van der Waals surface area contributed by atoms with Crippen LogP contribution < -0.4 is 5.32 Å². The summed E-state index contributed by atoms with van der Waals surface area (Å²) >= 11 is 0. The van der Waals surface area contributed by atoms with Crippen molar-refractivity contribution >= 4 is 11.8 Å². The monoisotopic (exact) mass is 269 g/mol. The van der Waals surface area contributed by atoms with Crippen LogP contribution in [0.4, 0.5) is 11.8 Å². The third-order valence-corrected chi connectivity index (χ3v) is 3.69. The summed E-state index contributed by atoms with van der Waals surface area (Å²) in [6.07, 6.45) is 7.90. The lowest BCUT2D eigenvalue weighted by Gasteiger charge is -2.29. The van der Waals surface area contributed by atoms with Crippen LogP contribution in [0.15, 0.2) is 36.8 Å². The number of likely N-dealkylation sites (N-methyl/N-ethyl adjacent to an activating group) is 1. The third kappa shape index (κ3) is 3.11. The standard InChI is InChI=1S/C15H19N5/c1-20-9-2-4-13(11-20)12-5-6-14(18-10-12)19-15-16-7-3-8-17-15/h3,5-8,10,13H,2,4,9,11H2,1H3,(H,16,17,18,19). The van der Waals surface area contributed by atoms with Crippen LogP contribution >= 0.6 is 0 Å². The minimum Gasteiger partial charge on any atom is -0.309 e. The Hall–Kier alpha value is -2.01. The van der Waals surface area contributed by atoms with Crippen molar-refractivity contribution in [2.75, 3.05) is 25.5 Å². The van der Waals surface area contributed by atoms with E-state index in [-0.39, 0.29) is 0 Å². The van der Waals surface area contributed by atoms with E-state index in [2.05, 4.69) is 38.3 Å². The average molecular weight is 269 g/mol. The van der Waals surface area contributed by atoms with Crippen molar-refractivity contribution in [2.24, 2.45) is 0 Å². The first-order valence-corrected chi connectivity index (χ1v) is 7.00. The lowest BCUT2D eigenvalue weighted by molar-refractivity contribution is 0.250. The van der Waals surface area contributed by atoms with E-state index in [1.54, 1.807) is 18.5 Å². The van der Waals surface area contributed by atoms with E-state index in [4.69, 9.17) is 0 Å². The fourth-order valence-electron chi connectivity index (χ4n) is 2.64. The average Bonchev–Trinajstić information content (AvgIpc) is 2.49. The molecule has 2 aromatic heterocycles. The number of likely N-dealkylation sites (tertiary alicyclic amines) is 1. The van der Waals surface area contributed by atoms with Gasteiger partial charge in [-0.05, 0) is 50.0 Å². The van der Waals surface area contributed by atoms with Crippen LogP contribution in [0.2, 0.25) is 0 Å². The Labute approximate surface area is 119 Å². The zero-order chi connectivity index (χ0) is 13.8. The van der Waals surface area contributed by atoms with Crippen molar-refractivity contribution < 1.29 is 0 Å². The maximum Gasteiger partial charge on any atom is 0.228 e. The molecule has 0 radical (unpaired) electrons. The van der Waals surface area contributed by atoms with Crippen LogP contribution in [0.3, 0.4) is 0 Å². The van der Waals surface area contributed by atoms with E-state index in [1.807, 2.05) is 12.3 Å². The van der Waals surface area contributed by atoms with E-state index in [0.29, 0.717) is 11.9 Å². The molecule has 0 aromatic carbocycles. The molecule has 1 saturated heterocycles. The number of rotatable bonds is 3. The number of nitrogens with one attached hydrogen (secondary N) is 1. The topological polar surface area (TPSA) is 53.9 Å². The van der Waals surface area contributed by atoms with Gasteiger partial charge in [0.15, 0.2) is 0 Å². The molecule has 2 aromatic rings. The molecule has 5 nitrogen and oxygen atoms in total. The van der Waals surface area contributed by atoms with E-state index < -0.39 is 0 Å². The van der Waals surface area contributed by atoms with E-state index in [0.717, 1.165) is 12.4 Å². The van der Waals surface area contributed by atoms with E-state index >= 15 is 0 Å². The number of hydrogen-bond acceptors (Lipinski definition) is 5. The Morgan fingerprint density at radius 1 is 1.20 bits per heavy atom. The maximum atomic E-state index is 4.46. The Morgan fingerprint density at radius 2 is 2.05 bits per heavy atom. The smallest absolute Gasteiger partial charge is 0.228 e. The highest BCUT2D eigenvalue weighted by Crippen LogP contribution is 2.26. The third-order valence-electron chi connectivity index (χ3n) is 3.69. The Bertz CT molecular complexity index is 540. The lowest BCUT2D eigenvalue weighted by Crippen LogP contribution is -2.30. The number of anilines is 2. The van der Waals surface area contributed by atoms with Gasteiger partial charge in [0.2, 0.25) is 5.95 Å². The van der Waals surface area contributed by atoms with Gasteiger partial charge in [0.1, 0.15) is 5.82 Å². The van der Waals surface area contributed by atoms with Crippen LogP contribution in [-0.4, -0.2) is 40.0 Å². The molecule has 1 aliphatic heterocycles. The highest BCUT2D eigenvalue weighted by molar-refractivity contribution is 5.47. The molecule has 0 saturated carbocycles. The summed E-state index contributed by atoms with van der Waals surface area (Å²) in [7, 11) is 2.18. The first-order valence-electron chi connectivity index (χ1n) is 7.00. The van der Waals surface area contributed by atoms with Crippen molar-refractivity contribution in [1.82, 2.24) is 19.9 Å². The second kappa shape index (κ2) is 5.96. The van der Waals surface area contributed by atoms with Gasteiger partial charge in [0.05, 0.1) is 0 Å². The van der Waals surface area contributed by atoms with Crippen molar-refractivity contribution in [2.45, 2.75) is 18.8 Å². The summed E-state index contributed by atoms with van der Waals surface area (Å²) < 4.78 is 0. The van der Waals surface area contributed by atoms with Gasteiger partial charge in [0, 0.05) is 25.1 Å². The summed E-state index contributed by atoms with van der Waals surface area (Å²) in [4.78, 5) is 15.1. The molecular weight excluding hydrogens is 250 g/mol. The SMILES string of the molecule is CN1CCCC(c2ccc(Nc3ncccn3)nc2)C1. The van der Waals surface area contributed by atoms with Crippen LogP contribution in [0.1, 0.15) is 24.3 Å². The van der Waals surface area contributed by atoms with Gasteiger partial charge < -0.3 is 10.2 Å². The molecule has 3 heterocycles. The van der Waals surface area contributed by atoms with Gasteiger partial charge >= 0.3 is 0 Å². The number of aromatic nitrogens is 3. The van der Waals surface area contributed by atoms with Gasteiger partial charge in [0.25, 0.3) is 0 Å². The molecule has 1 fully saturated rings. The molecule has 1 unspecified atom stereocenters. The second-order valence-electron chi connectivity index (χ2n) is 5.28. The van der Waals surface area contributed by atoms with Crippen molar-refractivity contribution in [3.05, 3.63) is 42.4 Å². The van der Waals surface area contributed by atoms with Gasteiger partial charge in [-0.1, -0.05) is 6.07 Å². The molecule has 3 rings (SSSR count). The Balaban J connectivity index is 1.68. The van der Waals surface area contributed by atoms with Gasteiger partial charge in [-0.25, -0.2) is 15.0 Å². The highest BCUT2D eigenvalue weighted by atomic mass is 15.1. The minimum absolute atomic E-state index is 0.574. The fourth-order valence-corrected chi connectivity index (χ4v) is 2.64. The quantitative estimate of drug-likeness (QED) is 0.927.